The smallest absolute Gasteiger partial charge is 0.315 e. The Morgan fingerprint density at radius 2 is 2.15 bits per heavy atom. The Morgan fingerprint density at radius 1 is 1.41 bits per heavy atom. The van der Waals surface area contributed by atoms with Crippen molar-refractivity contribution in [2.24, 2.45) is 5.92 Å². The van der Waals surface area contributed by atoms with Crippen LogP contribution in [-0.2, 0) is 16.1 Å². The molecule has 0 radical (unpaired) electrons. The second kappa shape index (κ2) is 8.46. The van der Waals surface area contributed by atoms with E-state index in [-0.39, 0.29) is 41.1 Å². The lowest BCUT2D eigenvalue weighted by atomic mass is 9.98. The molecule has 2 saturated heterocycles. The molecule has 3 rings (SSSR count). The second-order valence-corrected chi connectivity index (χ2v) is 6.93. The summed E-state index contributed by atoms with van der Waals surface area (Å²) in [5.74, 6) is -0.905. The van der Waals surface area contributed by atoms with E-state index >= 15 is 0 Å². The predicted molar refractivity (Wildman–Crippen MR) is 95.0 cm³/mol. The first-order chi connectivity index (χ1) is 13.0. The monoisotopic (exact) mass is 390 g/mol. The maximum absolute atomic E-state index is 12.4. The van der Waals surface area contributed by atoms with Crippen molar-refractivity contribution in [3.05, 3.63) is 22.9 Å². The summed E-state index contributed by atoms with van der Waals surface area (Å²) in [7, 11) is 0. The average molecular weight is 391 g/mol. The topological polar surface area (TPSA) is 112 Å². The van der Waals surface area contributed by atoms with Crippen molar-refractivity contribution in [2.45, 2.75) is 32.2 Å². The van der Waals surface area contributed by atoms with E-state index in [2.05, 4.69) is 10.3 Å². The van der Waals surface area contributed by atoms with Crippen molar-refractivity contribution in [1.82, 2.24) is 15.2 Å². The van der Waals surface area contributed by atoms with Crippen molar-refractivity contribution < 1.29 is 19.1 Å². The average Bonchev–Trinajstić information content (AvgIpc) is 3.07. The van der Waals surface area contributed by atoms with Gasteiger partial charge in [0.05, 0.1) is 23.7 Å². The molecule has 1 amide bonds. The fraction of sp³-hybridized carbons (Fsp3) is 0.500. The number of likely N-dealkylation sites (tertiary alicyclic amines) is 1. The molecule has 0 saturated carbocycles. The summed E-state index contributed by atoms with van der Waals surface area (Å²) in [6.07, 6.45) is 2.47. The number of rotatable bonds is 5. The van der Waals surface area contributed by atoms with Gasteiger partial charge in [0.2, 0.25) is 11.8 Å². The van der Waals surface area contributed by atoms with E-state index in [9.17, 15) is 19.6 Å². The fourth-order valence-electron chi connectivity index (χ4n) is 3.27. The van der Waals surface area contributed by atoms with Gasteiger partial charge in [-0.1, -0.05) is 0 Å². The molecule has 0 spiro atoms. The minimum atomic E-state index is -0.781. The zero-order valence-corrected chi connectivity index (χ0v) is 15.4. The Balaban J connectivity index is 1.88. The van der Waals surface area contributed by atoms with Crippen LogP contribution in [0.1, 0.15) is 47.3 Å². The van der Waals surface area contributed by atoms with Gasteiger partial charge in [-0.25, -0.2) is 4.98 Å². The molecule has 0 unspecified atom stereocenters. The number of esters is 1. The lowest BCUT2D eigenvalue weighted by Crippen LogP contribution is -2.34. The fourth-order valence-corrected chi connectivity index (χ4v) is 3.43. The molecule has 9 heteroatoms. The number of carbonyl (C=O) groups is 3. The largest absolute Gasteiger partial charge is 0.406 e. The standard InChI is InChI=1S/C18H19ClN4O4/c19-16(25)13-8-12(9-20)17(27-18(26)11-3-5-21-6-4-11)22-14(13)10-23-7-1-2-15(23)24/h8,11,21H,1-7,10H2. The van der Waals surface area contributed by atoms with Gasteiger partial charge in [0.15, 0.2) is 0 Å². The van der Waals surface area contributed by atoms with Crippen molar-refractivity contribution in [2.75, 3.05) is 19.6 Å². The predicted octanol–water partition coefficient (Wildman–Crippen LogP) is 1.36. The van der Waals surface area contributed by atoms with Gasteiger partial charge in [-0.05, 0) is 50.0 Å². The van der Waals surface area contributed by atoms with Crippen LogP contribution in [0.5, 0.6) is 5.88 Å². The molecule has 1 aromatic heterocycles. The molecule has 8 nitrogen and oxygen atoms in total. The maximum Gasteiger partial charge on any atom is 0.315 e. The molecular formula is C18H19ClN4O4. The van der Waals surface area contributed by atoms with Crippen LogP contribution in [0.15, 0.2) is 6.07 Å². The quantitative estimate of drug-likeness (QED) is 0.596. The number of nitriles is 1. The number of aromatic nitrogens is 1. The minimum Gasteiger partial charge on any atom is -0.406 e. The highest BCUT2D eigenvalue weighted by atomic mass is 35.5. The van der Waals surface area contributed by atoms with Gasteiger partial charge in [0.25, 0.3) is 5.24 Å². The third kappa shape index (κ3) is 4.43. The normalized spacial score (nSPS) is 17.6. The SMILES string of the molecule is N#Cc1cc(C(=O)Cl)c(CN2CCCC2=O)nc1OC(=O)C1CCNCC1. The molecule has 1 aromatic rings. The highest BCUT2D eigenvalue weighted by Gasteiger charge is 2.27. The van der Waals surface area contributed by atoms with Gasteiger partial charge in [-0.15, -0.1) is 0 Å². The van der Waals surface area contributed by atoms with E-state index in [0.717, 1.165) is 19.5 Å². The number of pyridine rings is 1. The van der Waals surface area contributed by atoms with Gasteiger partial charge in [0, 0.05) is 13.0 Å². The van der Waals surface area contributed by atoms with Crippen LogP contribution in [-0.4, -0.2) is 46.6 Å². The van der Waals surface area contributed by atoms with Crippen molar-refractivity contribution in [3.63, 3.8) is 0 Å². The number of nitrogens with zero attached hydrogens (tertiary/aromatic N) is 3. The summed E-state index contributed by atoms with van der Waals surface area (Å²) in [6, 6.07) is 3.15. The van der Waals surface area contributed by atoms with E-state index in [0.29, 0.717) is 25.8 Å². The van der Waals surface area contributed by atoms with E-state index in [1.807, 2.05) is 6.07 Å². The zero-order chi connectivity index (χ0) is 19.4. The molecule has 2 aliphatic rings. The van der Waals surface area contributed by atoms with Gasteiger partial charge in [-0.2, -0.15) is 5.26 Å². The van der Waals surface area contributed by atoms with Crippen molar-refractivity contribution in [3.8, 4) is 11.9 Å². The Morgan fingerprint density at radius 3 is 2.74 bits per heavy atom. The zero-order valence-electron chi connectivity index (χ0n) is 14.7. The lowest BCUT2D eigenvalue weighted by molar-refractivity contribution is -0.140. The lowest BCUT2D eigenvalue weighted by Gasteiger charge is -2.21. The Bertz CT molecular complexity index is 814. The number of piperidine rings is 1. The van der Waals surface area contributed by atoms with Crippen LogP contribution in [0, 0.1) is 17.2 Å². The molecule has 2 fully saturated rings. The molecule has 0 bridgehead atoms. The number of ether oxygens (including phenoxy) is 1. The Labute approximate surface area is 161 Å². The van der Waals surface area contributed by atoms with Crippen LogP contribution in [0.25, 0.3) is 0 Å². The highest BCUT2D eigenvalue weighted by molar-refractivity contribution is 6.67. The molecule has 3 heterocycles. The van der Waals surface area contributed by atoms with Crippen LogP contribution in [0.2, 0.25) is 0 Å². The first kappa shape index (κ1) is 19.3. The van der Waals surface area contributed by atoms with E-state index in [4.69, 9.17) is 16.3 Å². The number of halogens is 1. The molecule has 1 N–H and O–H groups in total. The summed E-state index contributed by atoms with van der Waals surface area (Å²) in [6.45, 7) is 2.08. The van der Waals surface area contributed by atoms with Crippen LogP contribution in [0.3, 0.4) is 0 Å². The van der Waals surface area contributed by atoms with Crippen molar-refractivity contribution in [1.29, 1.82) is 5.26 Å². The molecule has 27 heavy (non-hydrogen) atoms. The molecule has 0 atom stereocenters. The summed E-state index contributed by atoms with van der Waals surface area (Å²) in [5.41, 5.74) is 0.213. The molecule has 0 aliphatic carbocycles. The second-order valence-electron chi connectivity index (χ2n) is 6.59. The Hall–Kier alpha value is -2.50. The number of nitrogens with one attached hydrogen (secondary N) is 1. The number of hydrogen-bond acceptors (Lipinski definition) is 7. The number of hydrogen-bond donors (Lipinski definition) is 1. The summed E-state index contributed by atoms with van der Waals surface area (Å²) >= 11 is 5.63. The highest BCUT2D eigenvalue weighted by Crippen LogP contribution is 2.25. The third-order valence-electron chi connectivity index (χ3n) is 4.78. The van der Waals surface area contributed by atoms with E-state index in [1.165, 1.54) is 6.07 Å². The number of carbonyl (C=O) groups excluding carboxylic acids is 3. The molecule has 0 aromatic carbocycles. The number of amides is 1. The van der Waals surface area contributed by atoms with Crippen LogP contribution >= 0.6 is 11.6 Å². The van der Waals surface area contributed by atoms with Gasteiger partial charge in [0.1, 0.15) is 11.6 Å². The summed E-state index contributed by atoms with van der Waals surface area (Å²) in [5, 5.41) is 11.7. The van der Waals surface area contributed by atoms with Crippen molar-refractivity contribution >= 4 is 28.7 Å². The van der Waals surface area contributed by atoms with E-state index in [1.54, 1.807) is 4.90 Å². The molecular weight excluding hydrogens is 372 g/mol. The maximum atomic E-state index is 12.4. The summed E-state index contributed by atoms with van der Waals surface area (Å²) < 4.78 is 5.38. The first-order valence-electron chi connectivity index (χ1n) is 8.83. The first-order valence-corrected chi connectivity index (χ1v) is 9.21. The molecule has 2 aliphatic heterocycles. The van der Waals surface area contributed by atoms with Crippen LogP contribution < -0.4 is 10.1 Å². The van der Waals surface area contributed by atoms with Gasteiger partial charge < -0.3 is 15.0 Å². The Kier molecular flexibility index (Phi) is 6.04. The summed E-state index contributed by atoms with van der Waals surface area (Å²) in [4.78, 5) is 41.8. The third-order valence-corrected chi connectivity index (χ3v) is 4.98. The minimum absolute atomic E-state index is 0.0367. The van der Waals surface area contributed by atoms with Gasteiger partial charge in [-0.3, -0.25) is 14.4 Å². The van der Waals surface area contributed by atoms with Gasteiger partial charge >= 0.3 is 5.97 Å². The van der Waals surface area contributed by atoms with E-state index < -0.39 is 11.2 Å². The van der Waals surface area contributed by atoms with Crippen LogP contribution in [0.4, 0.5) is 0 Å². The molecule has 142 valence electrons.